The molecule has 11 heteroatoms. The lowest BCUT2D eigenvalue weighted by molar-refractivity contribution is 0.0711. The second kappa shape index (κ2) is 11.3. The van der Waals surface area contributed by atoms with E-state index in [9.17, 15) is 9.59 Å². The Hall–Kier alpha value is -4.51. The Morgan fingerprint density at radius 2 is 1.65 bits per heavy atom. The third-order valence-corrected chi connectivity index (χ3v) is 7.45. The van der Waals surface area contributed by atoms with Crippen LogP contribution in [-0.4, -0.2) is 78.4 Å². The van der Waals surface area contributed by atoms with E-state index < -0.39 is 0 Å². The van der Waals surface area contributed by atoms with Gasteiger partial charge in [0.25, 0.3) is 5.91 Å². The molecule has 2 saturated heterocycles. The molecule has 2 N–H and O–H groups in total. The van der Waals surface area contributed by atoms with Crippen LogP contribution in [0.15, 0.2) is 59.1 Å². The first kappa shape index (κ1) is 25.8. The van der Waals surface area contributed by atoms with Crippen molar-refractivity contribution in [2.75, 3.05) is 56.7 Å². The van der Waals surface area contributed by atoms with Crippen LogP contribution in [0.5, 0.6) is 0 Å². The molecule has 0 saturated carbocycles. The number of anilines is 2. The quantitative estimate of drug-likeness (QED) is 0.390. The van der Waals surface area contributed by atoms with Gasteiger partial charge in [-0.15, -0.1) is 0 Å². The molecule has 206 valence electrons. The maximum atomic E-state index is 13.0. The topological polar surface area (TPSA) is 126 Å². The second-order valence-electron chi connectivity index (χ2n) is 9.93. The van der Waals surface area contributed by atoms with Gasteiger partial charge in [0.2, 0.25) is 5.58 Å². The van der Waals surface area contributed by atoms with Gasteiger partial charge in [0.15, 0.2) is 11.6 Å². The number of likely N-dealkylation sites (tertiary alicyclic amines) is 1. The molecule has 11 nitrogen and oxygen atoms in total. The second-order valence-corrected chi connectivity index (χ2v) is 9.93. The number of morpholine rings is 1. The Kier molecular flexibility index (Phi) is 7.28. The van der Waals surface area contributed by atoms with E-state index in [2.05, 4.69) is 20.7 Å². The van der Waals surface area contributed by atoms with Gasteiger partial charge in [-0.1, -0.05) is 23.4 Å². The van der Waals surface area contributed by atoms with Gasteiger partial charge in [-0.3, -0.25) is 4.79 Å². The van der Waals surface area contributed by atoms with Gasteiger partial charge >= 0.3 is 6.03 Å². The van der Waals surface area contributed by atoms with E-state index in [-0.39, 0.29) is 17.9 Å². The molecule has 0 radical (unpaired) electrons. The summed E-state index contributed by atoms with van der Waals surface area (Å²) in [5.74, 6) is 1.42. The SMILES string of the molecule is CNC(=O)Nc1ccc(-c2nc(N3CCOCC3)c3onc(C4CCN(C(=O)c5ccccc5)CC4)c3n2)cc1. The predicted octanol–water partition coefficient (Wildman–Crippen LogP) is 3.89. The Morgan fingerprint density at radius 1 is 0.925 bits per heavy atom. The van der Waals surface area contributed by atoms with Crippen molar-refractivity contribution in [2.24, 2.45) is 0 Å². The highest BCUT2D eigenvalue weighted by Crippen LogP contribution is 2.36. The van der Waals surface area contributed by atoms with Crippen molar-refractivity contribution in [3.63, 3.8) is 0 Å². The zero-order chi connectivity index (χ0) is 27.5. The van der Waals surface area contributed by atoms with E-state index in [0.717, 1.165) is 24.1 Å². The monoisotopic (exact) mass is 541 g/mol. The average Bonchev–Trinajstić information content (AvgIpc) is 3.45. The first-order chi connectivity index (χ1) is 19.6. The Balaban J connectivity index is 1.30. The summed E-state index contributed by atoms with van der Waals surface area (Å²) in [6.07, 6.45) is 1.54. The smallest absolute Gasteiger partial charge is 0.318 e. The number of nitrogens with zero attached hydrogens (tertiary/aromatic N) is 5. The minimum atomic E-state index is -0.286. The molecule has 2 aliphatic rings. The summed E-state index contributed by atoms with van der Waals surface area (Å²) < 4.78 is 11.5. The van der Waals surface area contributed by atoms with Crippen LogP contribution in [0.1, 0.15) is 34.8 Å². The minimum Gasteiger partial charge on any atom is -0.378 e. The van der Waals surface area contributed by atoms with Crippen LogP contribution in [0.25, 0.3) is 22.5 Å². The Morgan fingerprint density at radius 3 is 2.35 bits per heavy atom. The summed E-state index contributed by atoms with van der Waals surface area (Å²) in [6, 6.07) is 16.5. The fraction of sp³-hybridized carbons (Fsp3) is 0.345. The molecule has 6 rings (SSSR count). The first-order valence-corrected chi connectivity index (χ1v) is 13.5. The number of amides is 3. The lowest BCUT2D eigenvalue weighted by Gasteiger charge is -2.31. The molecule has 2 fully saturated rings. The van der Waals surface area contributed by atoms with Crippen LogP contribution in [0, 0.1) is 0 Å². The zero-order valence-corrected chi connectivity index (χ0v) is 22.3. The standard InChI is InChI=1S/C29H31N7O4/c1-30-29(38)31-22-9-7-20(8-10-22)26-32-24-23(34-40-25(24)27(33-26)35-15-17-39-18-16-35)19-11-13-36(14-12-19)28(37)21-5-3-2-4-6-21/h2-10,19H,11-18H2,1H3,(H2,30,31,38). The van der Waals surface area contributed by atoms with E-state index in [1.165, 1.54) is 0 Å². The number of hydrogen-bond acceptors (Lipinski definition) is 8. The van der Waals surface area contributed by atoms with Gasteiger partial charge in [0.1, 0.15) is 11.2 Å². The number of benzene rings is 2. The number of aromatic nitrogens is 3. The van der Waals surface area contributed by atoms with E-state index in [0.29, 0.717) is 73.4 Å². The highest BCUT2D eigenvalue weighted by molar-refractivity contribution is 5.94. The number of rotatable bonds is 5. The fourth-order valence-corrected chi connectivity index (χ4v) is 5.24. The van der Waals surface area contributed by atoms with Crippen LogP contribution < -0.4 is 15.5 Å². The molecule has 0 bridgehead atoms. The van der Waals surface area contributed by atoms with Gasteiger partial charge in [-0.2, -0.15) is 0 Å². The maximum absolute atomic E-state index is 13.0. The zero-order valence-electron chi connectivity index (χ0n) is 22.3. The van der Waals surface area contributed by atoms with Gasteiger partial charge in [-0.05, 0) is 49.2 Å². The molecule has 3 amide bonds. The summed E-state index contributed by atoms with van der Waals surface area (Å²) in [4.78, 5) is 38.5. The van der Waals surface area contributed by atoms with Crippen molar-refractivity contribution in [1.82, 2.24) is 25.3 Å². The molecule has 2 aliphatic heterocycles. The minimum absolute atomic E-state index is 0.0534. The predicted molar refractivity (Wildman–Crippen MR) is 150 cm³/mol. The van der Waals surface area contributed by atoms with Gasteiger partial charge in [-0.25, -0.2) is 14.8 Å². The van der Waals surface area contributed by atoms with Crippen molar-refractivity contribution in [3.05, 3.63) is 65.9 Å². The number of urea groups is 1. The van der Waals surface area contributed by atoms with Crippen LogP contribution in [0.3, 0.4) is 0 Å². The molecule has 40 heavy (non-hydrogen) atoms. The van der Waals surface area contributed by atoms with Crippen LogP contribution in [0.2, 0.25) is 0 Å². The normalized spacial score (nSPS) is 16.2. The summed E-state index contributed by atoms with van der Waals surface area (Å²) in [5, 5.41) is 9.81. The highest BCUT2D eigenvalue weighted by Gasteiger charge is 2.31. The average molecular weight is 542 g/mol. The van der Waals surface area contributed by atoms with Crippen molar-refractivity contribution in [1.29, 1.82) is 0 Å². The van der Waals surface area contributed by atoms with Gasteiger partial charge in [0, 0.05) is 56.0 Å². The third-order valence-electron chi connectivity index (χ3n) is 7.45. The number of fused-ring (bicyclic) bond motifs is 1. The third kappa shape index (κ3) is 5.20. The Bertz CT molecular complexity index is 1490. The van der Waals surface area contributed by atoms with Crippen molar-refractivity contribution < 1.29 is 18.8 Å². The van der Waals surface area contributed by atoms with Crippen molar-refractivity contribution in [3.8, 4) is 11.4 Å². The molecule has 0 unspecified atom stereocenters. The number of hydrogen-bond donors (Lipinski definition) is 2. The molecule has 0 aliphatic carbocycles. The number of ether oxygens (including phenoxy) is 1. The van der Waals surface area contributed by atoms with Crippen molar-refractivity contribution in [2.45, 2.75) is 18.8 Å². The molecular weight excluding hydrogens is 510 g/mol. The van der Waals surface area contributed by atoms with Gasteiger partial charge in [0.05, 0.1) is 13.2 Å². The van der Waals surface area contributed by atoms with Crippen molar-refractivity contribution >= 4 is 34.5 Å². The molecule has 2 aromatic heterocycles. The number of carbonyl (C=O) groups excluding carboxylic acids is 2. The molecule has 4 heterocycles. The van der Waals surface area contributed by atoms with E-state index in [1.54, 1.807) is 7.05 Å². The molecule has 0 spiro atoms. The summed E-state index contributed by atoms with van der Waals surface area (Å²) in [7, 11) is 1.57. The summed E-state index contributed by atoms with van der Waals surface area (Å²) >= 11 is 0. The molecule has 2 aromatic carbocycles. The molecule has 0 atom stereocenters. The van der Waals surface area contributed by atoms with Crippen LogP contribution in [-0.2, 0) is 4.74 Å². The van der Waals surface area contributed by atoms with Crippen LogP contribution >= 0.6 is 0 Å². The summed E-state index contributed by atoms with van der Waals surface area (Å²) in [5.41, 5.74) is 4.26. The van der Waals surface area contributed by atoms with Crippen LogP contribution in [0.4, 0.5) is 16.3 Å². The Labute approximate surface area is 231 Å². The number of piperidine rings is 1. The van der Waals surface area contributed by atoms with E-state index in [1.807, 2.05) is 59.5 Å². The lowest BCUT2D eigenvalue weighted by atomic mass is 9.92. The maximum Gasteiger partial charge on any atom is 0.318 e. The largest absolute Gasteiger partial charge is 0.378 e. The highest BCUT2D eigenvalue weighted by atomic mass is 16.5. The lowest BCUT2D eigenvalue weighted by Crippen LogP contribution is -2.38. The van der Waals surface area contributed by atoms with E-state index in [4.69, 9.17) is 19.2 Å². The van der Waals surface area contributed by atoms with E-state index >= 15 is 0 Å². The first-order valence-electron chi connectivity index (χ1n) is 13.5. The fourth-order valence-electron chi connectivity index (χ4n) is 5.24. The number of carbonyl (C=O) groups is 2. The molecule has 4 aromatic rings. The van der Waals surface area contributed by atoms with Gasteiger partial charge < -0.3 is 29.7 Å². The summed E-state index contributed by atoms with van der Waals surface area (Å²) in [6.45, 7) is 3.87. The number of nitrogens with one attached hydrogen (secondary N) is 2. The molecular formula is C29H31N7O4.